The number of hydrogen-bond acceptors (Lipinski definition) is 2. The Kier molecular flexibility index (Phi) is 2.72. The van der Waals surface area contributed by atoms with E-state index < -0.39 is 5.97 Å². The molecule has 0 aromatic carbocycles. The number of aromatic carboxylic acids is 1. The molecule has 4 N–H and O–H groups in total. The van der Waals surface area contributed by atoms with E-state index in [0.29, 0.717) is 13.0 Å². The average Bonchev–Trinajstić information content (AvgIpc) is 2.33. The van der Waals surface area contributed by atoms with E-state index in [1.165, 1.54) is 0 Å². The summed E-state index contributed by atoms with van der Waals surface area (Å²) >= 11 is 0. The van der Waals surface area contributed by atoms with Gasteiger partial charge in [-0.15, -0.1) is 0 Å². The van der Waals surface area contributed by atoms with Gasteiger partial charge in [0, 0.05) is 5.69 Å². The van der Waals surface area contributed by atoms with Gasteiger partial charge in [-0.1, -0.05) is 0 Å². The SMILES string of the molecule is Cc1c(CCN)[nH]c(C(=O)O)c1C. The third kappa shape index (κ3) is 1.72. The zero-order valence-electron chi connectivity index (χ0n) is 7.85. The Bertz CT molecular complexity index is 329. The van der Waals surface area contributed by atoms with Gasteiger partial charge in [-0.3, -0.25) is 0 Å². The largest absolute Gasteiger partial charge is 0.477 e. The first-order valence-corrected chi connectivity index (χ1v) is 4.19. The van der Waals surface area contributed by atoms with Crippen LogP contribution in [-0.2, 0) is 6.42 Å². The van der Waals surface area contributed by atoms with Crippen molar-refractivity contribution in [2.75, 3.05) is 6.54 Å². The minimum atomic E-state index is -0.913. The molecule has 0 fully saturated rings. The zero-order valence-corrected chi connectivity index (χ0v) is 7.85. The van der Waals surface area contributed by atoms with Gasteiger partial charge in [0.1, 0.15) is 5.69 Å². The number of aromatic nitrogens is 1. The lowest BCUT2D eigenvalue weighted by Gasteiger charge is -1.95. The molecule has 0 amide bonds. The van der Waals surface area contributed by atoms with Gasteiger partial charge in [0.2, 0.25) is 0 Å². The van der Waals surface area contributed by atoms with Gasteiger partial charge in [0.15, 0.2) is 0 Å². The maximum atomic E-state index is 10.7. The van der Waals surface area contributed by atoms with Gasteiger partial charge in [-0.25, -0.2) is 4.79 Å². The van der Waals surface area contributed by atoms with Crippen molar-refractivity contribution >= 4 is 5.97 Å². The summed E-state index contributed by atoms with van der Waals surface area (Å²) in [5.41, 5.74) is 8.41. The van der Waals surface area contributed by atoms with Crippen molar-refractivity contribution in [3.63, 3.8) is 0 Å². The Balaban J connectivity index is 3.12. The van der Waals surface area contributed by atoms with Gasteiger partial charge < -0.3 is 15.8 Å². The van der Waals surface area contributed by atoms with Crippen LogP contribution in [0, 0.1) is 13.8 Å². The van der Waals surface area contributed by atoms with Crippen molar-refractivity contribution in [3.8, 4) is 0 Å². The number of nitrogens with two attached hydrogens (primary N) is 1. The molecule has 4 nitrogen and oxygen atoms in total. The summed E-state index contributed by atoms with van der Waals surface area (Å²) < 4.78 is 0. The molecule has 0 saturated heterocycles. The molecule has 0 bridgehead atoms. The minimum Gasteiger partial charge on any atom is -0.477 e. The molecular weight excluding hydrogens is 168 g/mol. The first kappa shape index (κ1) is 9.80. The second-order valence-corrected chi connectivity index (χ2v) is 3.07. The van der Waals surface area contributed by atoms with Crippen LogP contribution in [0.4, 0.5) is 0 Å². The predicted octanol–water partition coefficient (Wildman–Crippen LogP) is 0.831. The van der Waals surface area contributed by atoms with Crippen LogP contribution in [0.15, 0.2) is 0 Å². The van der Waals surface area contributed by atoms with E-state index >= 15 is 0 Å². The summed E-state index contributed by atoms with van der Waals surface area (Å²) in [7, 11) is 0. The highest BCUT2D eigenvalue weighted by atomic mass is 16.4. The quantitative estimate of drug-likeness (QED) is 0.647. The highest BCUT2D eigenvalue weighted by Crippen LogP contribution is 2.17. The molecule has 1 rings (SSSR count). The molecule has 72 valence electrons. The van der Waals surface area contributed by atoms with Crippen LogP contribution in [0.3, 0.4) is 0 Å². The van der Waals surface area contributed by atoms with Crippen LogP contribution >= 0.6 is 0 Å². The minimum absolute atomic E-state index is 0.279. The van der Waals surface area contributed by atoms with E-state index in [-0.39, 0.29) is 5.69 Å². The molecule has 0 aliphatic heterocycles. The van der Waals surface area contributed by atoms with Crippen molar-refractivity contribution in [2.45, 2.75) is 20.3 Å². The van der Waals surface area contributed by atoms with E-state index in [4.69, 9.17) is 10.8 Å². The molecule has 0 atom stereocenters. The molecule has 0 aliphatic carbocycles. The second kappa shape index (κ2) is 3.62. The Morgan fingerprint density at radius 1 is 1.46 bits per heavy atom. The van der Waals surface area contributed by atoms with Crippen LogP contribution in [0.5, 0.6) is 0 Å². The van der Waals surface area contributed by atoms with E-state index in [1.54, 1.807) is 6.92 Å². The molecular formula is C9H14N2O2. The van der Waals surface area contributed by atoms with Crippen LogP contribution in [0.25, 0.3) is 0 Å². The third-order valence-corrected chi connectivity index (χ3v) is 2.27. The number of rotatable bonds is 3. The van der Waals surface area contributed by atoms with E-state index in [0.717, 1.165) is 16.8 Å². The highest BCUT2D eigenvalue weighted by molar-refractivity contribution is 5.88. The summed E-state index contributed by atoms with van der Waals surface area (Å²) in [6.45, 7) is 4.23. The molecule has 1 aromatic rings. The lowest BCUT2D eigenvalue weighted by molar-refractivity contribution is 0.0690. The summed E-state index contributed by atoms with van der Waals surface area (Å²) in [5.74, 6) is -0.913. The van der Waals surface area contributed by atoms with Gasteiger partial charge in [-0.2, -0.15) is 0 Å². The first-order valence-electron chi connectivity index (χ1n) is 4.19. The Morgan fingerprint density at radius 2 is 2.08 bits per heavy atom. The number of hydrogen-bond donors (Lipinski definition) is 3. The summed E-state index contributed by atoms with van der Waals surface area (Å²) in [5, 5.41) is 8.81. The van der Waals surface area contributed by atoms with Crippen LogP contribution in [0.2, 0.25) is 0 Å². The fourth-order valence-corrected chi connectivity index (χ4v) is 1.36. The number of nitrogens with one attached hydrogen (secondary N) is 1. The van der Waals surface area contributed by atoms with Crippen LogP contribution in [-0.4, -0.2) is 22.6 Å². The average molecular weight is 182 g/mol. The fraction of sp³-hybridized carbons (Fsp3) is 0.444. The van der Waals surface area contributed by atoms with Crippen molar-refractivity contribution in [2.24, 2.45) is 5.73 Å². The van der Waals surface area contributed by atoms with Crippen molar-refractivity contribution in [1.82, 2.24) is 4.98 Å². The molecule has 1 aromatic heterocycles. The lowest BCUT2D eigenvalue weighted by atomic mass is 10.1. The van der Waals surface area contributed by atoms with Crippen molar-refractivity contribution in [3.05, 3.63) is 22.5 Å². The number of carboxylic acid groups (broad SMARTS) is 1. The van der Waals surface area contributed by atoms with E-state index in [2.05, 4.69) is 4.98 Å². The van der Waals surface area contributed by atoms with Crippen LogP contribution in [0.1, 0.15) is 27.3 Å². The van der Waals surface area contributed by atoms with Gasteiger partial charge in [-0.05, 0) is 37.9 Å². The molecule has 0 unspecified atom stereocenters. The normalized spacial score (nSPS) is 10.4. The maximum absolute atomic E-state index is 10.7. The Hall–Kier alpha value is -1.29. The molecule has 0 aliphatic rings. The predicted molar refractivity (Wildman–Crippen MR) is 50.0 cm³/mol. The third-order valence-electron chi connectivity index (χ3n) is 2.27. The lowest BCUT2D eigenvalue weighted by Crippen LogP contribution is -2.04. The first-order chi connectivity index (χ1) is 6.07. The van der Waals surface area contributed by atoms with E-state index in [1.807, 2.05) is 6.92 Å². The topological polar surface area (TPSA) is 79.1 Å². The molecule has 0 saturated carbocycles. The summed E-state index contributed by atoms with van der Waals surface area (Å²) in [4.78, 5) is 13.6. The smallest absolute Gasteiger partial charge is 0.352 e. The number of H-pyrrole nitrogens is 1. The van der Waals surface area contributed by atoms with E-state index in [9.17, 15) is 4.79 Å². The standard InChI is InChI=1S/C9H14N2O2/c1-5-6(2)8(9(12)13)11-7(5)3-4-10/h11H,3-4,10H2,1-2H3,(H,12,13). The van der Waals surface area contributed by atoms with Gasteiger partial charge >= 0.3 is 5.97 Å². The van der Waals surface area contributed by atoms with Gasteiger partial charge in [0.25, 0.3) is 0 Å². The highest BCUT2D eigenvalue weighted by Gasteiger charge is 2.14. The number of aromatic amines is 1. The molecule has 13 heavy (non-hydrogen) atoms. The van der Waals surface area contributed by atoms with Crippen LogP contribution < -0.4 is 5.73 Å². The number of carbonyl (C=O) groups is 1. The summed E-state index contributed by atoms with van der Waals surface area (Å²) in [6, 6.07) is 0. The Morgan fingerprint density at radius 3 is 2.46 bits per heavy atom. The Labute approximate surface area is 76.8 Å². The maximum Gasteiger partial charge on any atom is 0.352 e. The molecule has 0 spiro atoms. The van der Waals surface area contributed by atoms with Crippen molar-refractivity contribution < 1.29 is 9.90 Å². The van der Waals surface area contributed by atoms with Crippen molar-refractivity contribution in [1.29, 1.82) is 0 Å². The number of carboxylic acids is 1. The molecule has 0 radical (unpaired) electrons. The summed E-state index contributed by atoms with van der Waals surface area (Å²) in [6.07, 6.45) is 0.694. The molecule has 4 heteroatoms. The monoisotopic (exact) mass is 182 g/mol. The van der Waals surface area contributed by atoms with Gasteiger partial charge in [0.05, 0.1) is 0 Å². The second-order valence-electron chi connectivity index (χ2n) is 3.07. The fourth-order valence-electron chi connectivity index (χ4n) is 1.36. The molecule has 1 heterocycles. The zero-order chi connectivity index (χ0) is 10.0.